The molecule has 4 aromatic heterocycles. The molecule has 0 radical (unpaired) electrons. The van der Waals surface area contributed by atoms with Crippen molar-refractivity contribution in [1.29, 1.82) is 0 Å². The molecule has 0 N–H and O–H groups in total. The first kappa shape index (κ1) is 21.7. The number of anilines is 6. The lowest BCUT2D eigenvalue weighted by Gasteiger charge is -2.28. The second-order valence-electron chi connectivity index (χ2n) is 17.4. The molecule has 0 fully saturated rings. The molecule has 11 aromatic carbocycles. The van der Waals surface area contributed by atoms with E-state index < -0.39 is 214 Å². The Bertz CT molecular complexity index is 5820. The molecule has 0 aliphatic carbocycles. The summed E-state index contributed by atoms with van der Waals surface area (Å²) in [6.45, 7) is 3.65. The summed E-state index contributed by atoms with van der Waals surface area (Å²) in [6, 6.07) is -2.10. The van der Waals surface area contributed by atoms with Crippen molar-refractivity contribution in [3.63, 3.8) is 0 Å². The lowest BCUT2D eigenvalue weighted by molar-refractivity contribution is 1.30. The third-order valence-corrected chi connectivity index (χ3v) is 13.4. The minimum absolute atomic E-state index is 0.0151. The van der Waals surface area contributed by atoms with Crippen LogP contribution in [0.4, 0.5) is 34.1 Å². The molecule has 0 amide bonds. The van der Waals surface area contributed by atoms with Crippen molar-refractivity contribution in [1.82, 2.24) is 8.80 Å². The third-order valence-electron chi connectivity index (χ3n) is 13.4. The Morgan fingerprint density at radius 1 is 0.319 bits per heavy atom. The minimum Gasteiger partial charge on any atom is -0.309 e. The molecule has 0 saturated carbocycles. The van der Waals surface area contributed by atoms with E-state index in [1.54, 1.807) is 24.3 Å². The molecular formula is C68H46N4. The van der Waals surface area contributed by atoms with Gasteiger partial charge in [0.25, 0.3) is 0 Å². The molecule has 0 aliphatic rings. The van der Waals surface area contributed by atoms with Gasteiger partial charge in [-0.1, -0.05) is 168 Å². The van der Waals surface area contributed by atoms with E-state index in [-0.39, 0.29) is 11.4 Å². The predicted molar refractivity (Wildman–Crippen MR) is 305 cm³/mol. The van der Waals surface area contributed by atoms with Gasteiger partial charge < -0.3 is 18.6 Å². The van der Waals surface area contributed by atoms with Gasteiger partial charge in [0.1, 0.15) is 0 Å². The summed E-state index contributed by atoms with van der Waals surface area (Å²) < 4.78 is 259. The summed E-state index contributed by atoms with van der Waals surface area (Å²) >= 11 is 0. The summed E-state index contributed by atoms with van der Waals surface area (Å²) in [7, 11) is 0. The van der Waals surface area contributed by atoms with Crippen LogP contribution in [-0.2, 0) is 0 Å². The molecule has 0 saturated heterocycles. The molecule has 0 bridgehead atoms. The van der Waals surface area contributed by atoms with E-state index in [2.05, 4.69) is 0 Å². The molecule has 0 unspecified atom stereocenters. The highest BCUT2D eigenvalue weighted by Gasteiger charge is 2.29. The van der Waals surface area contributed by atoms with Gasteiger partial charge in [0.05, 0.1) is 94.2 Å². The molecular weight excluding hydrogens is 873 g/mol. The van der Waals surface area contributed by atoms with E-state index in [1.165, 1.54) is 0 Å². The zero-order valence-electron chi connectivity index (χ0n) is 65.7. The van der Waals surface area contributed by atoms with Crippen LogP contribution < -0.4 is 9.80 Å². The third kappa shape index (κ3) is 5.81. The molecule has 15 aromatic rings. The van der Waals surface area contributed by atoms with Gasteiger partial charge in [-0.05, 0) is 110 Å². The Balaban J connectivity index is 1.09. The van der Waals surface area contributed by atoms with Crippen molar-refractivity contribution in [2.24, 2.45) is 0 Å². The lowest BCUT2D eigenvalue weighted by atomic mass is 9.99. The van der Waals surface area contributed by atoms with Gasteiger partial charge in [-0.15, -0.1) is 0 Å². The fourth-order valence-electron chi connectivity index (χ4n) is 10.6. The molecule has 4 heterocycles. The molecule has 15 rings (SSSR count). The van der Waals surface area contributed by atoms with Crippen LogP contribution in [0.3, 0.4) is 0 Å². The van der Waals surface area contributed by atoms with Gasteiger partial charge in [0.15, 0.2) is 0 Å². The first-order valence-electron chi connectivity index (χ1n) is 36.6. The molecule has 4 heteroatoms. The van der Waals surface area contributed by atoms with Crippen LogP contribution in [0.5, 0.6) is 0 Å². The average Bonchev–Trinajstić information content (AvgIpc) is 1.51. The highest BCUT2D eigenvalue weighted by Crippen LogP contribution is 2.53. The predicted octanol–water partition coefficient (Wildman–Crippen LogP) is 18.9. The molecule has 338 valence electrons. The van der Waals surface area contributed by atoms with Crippen LogP contribution >= 0.6 is 0 Å². The smallest absolute Gasteiger partial charge is 0.0645 e. The highest BCUT2D eigenvalue weighted by molar-refractivity contribution is 6.32. The van der Waals surface area contributed by atoms with Crippen molar-refractivity contribution in [3.8, 4) is 22.3 Å². The topological polar surface area (TPSA) is 15.3 Å². The Labute approximate surface area is 456 Å². The lowest BCUT2D eigenvalue weighted by Crippen LogP contribution is -2.11. The van der Waals surface area contributed by atoms with Crippen molar-refractivity contribution in [2.45, 2.75) is 13.8 Å². The monoisotopic (exact) mass is 947 g/mol. The fraction of sp³-hybridized carbons (Fsp3) is 0.0294. The van der Waals surface area contributed by atoms with Gasteiger partial charge in [-0.3, -0.25) is 0 Å². The standard InChI is InChI=1S/C68H46N4/c1-43-31-35-59-55(39-43)65-61(69(47-23-11-5-12-24-47)57-29-17-15-27-49(57)45-19-7-3-8-20-45)37-33-51-53-42-64-54(41-63(53)71(59)67(51)65)52-34-38-62(66-56-40-44(2)32-36-60(56)72(64)68(52)66)70(48-25-13-6-14-26-48)58-30-18-16-28-50(58)46-21-9-4-10-22-46/h3-42H,1-2H3/i3D,4D,5D,6D,7D,8D,9D,10D,11D,12D,13D,14D,15D,16D,17D,18D,19D,20D,21D,22D,23D,24D,25D,26D,27D,28D,29D,30D. The normalized spacial score (nSPS) is 17.5. The number of nitrogens with zero attached hydrogens (tertiary/aromatic N) is 4. The summed E-state index contributed by atoms with van der Waals surface area (Å²) in [5.74, 6) is 0. The summed E-state index contributed by atoms with van der Waals surface area (Å²) in [4.78, 5) is 2.17. The van der Waals surface area contributed by atoms with Gasteiger partial charge in [0, 0.05) is 65.6 Å². The number of hydrogen-bond acceptors (Lipinski definition) is 2. The van der Waals surface area contributed by atoms with Crippen molar-refractivity contribution >= 4 is 110 Å². The van der Waals surface area contributed by atoms with Crippen LogP contribution in [0.1, 0.15) is 49.5 Å². The van der Waals surface area contributed by atoms with E-state index in [0.29, 0.717) is 76.2 Å². The van der Waals surface area contributed by atoms with Crippen LogP contribution in [-0.4, -0.2) is 8.80 Å². The number of fused-ring (bicyclic) bond motifs is 12. The molecule has 4 nitrogen and oxygen atoms in total. The SMILES string of the molecule is [2H]c1c([2H])c([2H])c(-c2c([2H])c([2H])c([2H])c([2H])c2N(c2c([2H])c([2H])c([2H])c([2H])c2[2H])c2ccc3c4cc5c(cc4n4c6ccc(C)cc6c2c34)c2ccc(N(c3c([2H])c([2H])c([2H])c([2H])c3[2H])c3c([2H])c([2H])c([2H])c([2H])c3-c3c([2H])c([2H])c([2H])c([2H])c3[2H])c3c4cc(C)ccc4n5c23)c([2H])c1[2H]. The fourth-order valence-corrected chi connectivity index (χ4v) is 10.6. The zero-order valence-corrected chi connectivity index (χ0v) is 37.7. The molecule has 0 atom stereocenters. The van der Waals surface area contributed by atoms with E-state index in [9.17, 15) is 16.4 Å². The van der Waals surface area contributed by atoms with Gasteiger partial charge >= 0.3 is 0 Å². The molecule has 72 heavy (non-hydrogen) atoms. The summed E-state index contributed by atoms with van der Waals surface area (Å²) in [5, 5.41) is 3.94. The maximum Gasteiger partial charge on any atom is 0.0645 e. The van der Waals surface area contributed by atoms with Gasteiger partial charge in [-0.2, -0.15) is 0 Å². The van der Waals surface area contributed by atoms with Crippen molar-refractivity contribution in [2.75, 3.05) is 9.80 Å². The second-order valence-corrected chi connectivity index (χ2v) is 17.4. The number of benzene rings is 11. The van der Waals surface area contributed by atoms with Crippen LogP contribution in [0.25, 0.3) is 98.4 Å². The zero-order chi connectivity index (χ0) is 72.0. The Morgan fingerprint density at radius 2 is 0.694 bits per heavy atom. The first-order valence-corrected chi connectivity index (χ1v) is 22.6. The summed E-state index contributed by atoms with van der Waals surface area (Å²) in [6.07, 6.45) is 0. The number of aromatic nitrogens is 2. The highest BCUT2D eigenvalue weighted by atomic mass is 15.2. The first-order chi connectivity index (χ1) is 47.2. The maximum atomic E-state index is 9.77. The van der Waals surface area contributed by atoms with E-state index >= 15 is 0 Å². The van der Waals surface area contributed by atoms with Crippen LogP contribution in [0.2, 0.25) is 0 Å². The number of hydrogen-bond donors (Lipinski definition) is 0. The van der Waals surface area contributed by atoms with Crippen LogP contribution in [0, 0.1) is 13.8 Å². The van der Waals surface area contributed by atoms with E-state index in [4.69, 9.17) is 21.9 Å². The van der Waals surface area contributed by atoms with Crippen LogP contribution in [0.15, 0.2) is 242 Å². The Hall–Kier alpha value is -9.38. The second kappa shape index (κ2) is 15.6. The Kier molecular flexibility index (Phi) is 4.70. The quantitative estimate of drug-likeness (QED) is 0.151. The van der Waals surface area contributed by atoms with Gasteiger partial charge in [-0.25, -0.2) is 0 Å². The van der Waals surface area contributed by atoms with Crippen molar-refractivity contribution < 1.29 is 38.4 Å². The van der Waals surface area contributed by atoms with Gasteiger partial charge in [0.2, 0.25) is 0 Å². The molecule has 0 aliphatic heterocycles. The number of aryl methyl sites for hydroxylation is 2. The average molecular weight is 947 g/mol. The maximum absolute atomic E-state index is 9.77. The van der Waals surface area contributed by atoms with Crippen molar-refractivity contribution in [3.05, 3.63) is 253 Å². The molecule has 0 spiro atoms. The minimum atomic E-state index is -0.869. The van der Waals surface area contributed by atoms with E-state index in [0.717, 1.165) is 20.9 Å². The largest absolute Gasteiger partial charge is 0.309 e. The Morgan fingerprint density at radius 3 is 1.11 bits per heavy atom. The number of rotatable bonds is 8. The van der Waals surface area contributed by atoms with E-state index in [1.807, 2.05) is 71.2 Å². The summed E-state index contributed by atoms with van der Waals surface area (Å²) in [5.41, 5.74) is -0.471. The number of para-hydroxylation sites is 4.